The summed E-state index contributed by atoms with van der Waals surface area (Å²) in [6.07, 6.45) is 2.06. The predicted octanol–water partition coefficient (Wildman–Crippen LogP) is 0.769. The summed E-state index contributed by atoms with van der Waals surface area (Å²) in [4.78, 5) is 22.7. The Morgan fingerprint density at radius 2 is 2.16 bits per heavy atom. The Morgan fingerprint density at radius 1 is 1.42 bits per heavy atom. The molecule has 2 amide bonds. The van der Waals surface area contributed by atoms with E-state index in [9.17, 15) is 9.59 Å². The normalized spacial score (nSPS) is 20.4. The molecule has 0 aliphatic carbocycles. The SMILES string of the molecule is CC(C)(C)OC(=O)NCCNC1CCCNC(=O)C1. The molecule has 6 heteroatoms. The van der Waals surface area contributed by atoms with E-state index in [2.05, 4.69) is 16.0 Å². The molecule has 0 radical (unpaired) electrons. The van der Waals surface area contributed by atoms with E-state index in [-0.39, 0.29) is 11.9 Å². The minimum absolute atomic E-state index is 0.0927. The van der Waals surface area contributed by atoms with Crippen LogP contribution in [0, 0.1) is 0 Å². The predicted molar refractivity (Wildman–Crippen MR) is 72.9 cm³/mol. The number of carbonyl (C=O) groups is 2. The highest BCUT2D eigenvalue weighted by Crippen LogP contribution is 2.06. The number of amides is 2. The van der Waals surface area contributed by atoms with E-state index in [0.29, 0.717) is 19.5 Å². The molecule has 1 aliphatic rings. The quantitative estimate of drug-likeness (QED) is 0.660. The van der Waals surface area contributed by atoms with Crippen LogP contribution in [0.4, 0.5) is 4.79 Å². The maximum absolute atomic E-state index is 11.4. The first kappa shape index (κ1) is 15.8. The van der Waals surface area contributed by atoms with Gasteiger partial charge in [0, 0.05) is 32.1 Å². The molecule has 1 saturated heterocycles. The zero-order chi connectivity index (χ0) is 14.3. The van der Waals surface area contributed by atoms with Gasteiger partial charge < -0.3 is 20.7 Å². The summed E-state index contributed by atoms with van der Waals surface area (Å²) in [7, 11) is 0. The van der Waals surface area contributed by atoms with Gasteiger partial charge in [-0.05, 0) is 33.6 Å². The maximum Gasteiger partial charge on any atom is 0.407 e. The number of alkyl carbamates (subject to hydrolysis) is 1. The lowest BCUT2D eigenvalue weighted by Gasteiger charge is -2.20. The molecule has 19 heavy (non-hydrogen) atoms. The van der Waals surface area contributed by atoms with Crippen LogP contribution in [-0.2, 0) is 9.53 Å². The lowest BCUT2D eigenvalue weighted by molar-refractivity contribution is -0.121. The molecular formula is C13H25N3O3. The standard InChI is InChI=1S/C13H25N3O3/c1-13(2,3)19-12(18)16-8-7-14-10-5-4-6-15-11(17)9-10/h10,14H,4-9H2,1-3H3,(H,15,17)(H,16,18). The minimum Gasteiger partial charge on any atom is -0.444 e. The van der Waals surface area contributed by atoms with Gasteiger partial charge in [0.2, 0.25) is 5.91 Å². The number of hydrogen-bond acceptors (Lipinski definition) is 4. The van der Waals surface area contributed by atoms with Crippen molar-refractivity contribution in [2.24, 2.45) is 0 Å². The summed E-state index contributed by atoms with van der Waals surface area (Å²) in [5, 5.41) is 8.80. The Bertz CT molecular complexity index is 313. The molecule has 0 saturated carbocycles. The van der Waals surface area contributed by atoms with Gasteiger partial charge in [-0.2, -0.15) is 0 Å². The highest BCUT2D eigenvalue weighted by atomic mass is 16.6. The molecule has 0 spiro atoms. The third kappa shape index (κ3) is 7.66. The van der Waals surface area contributed by atoms with Crippen LogP contribution < -0.4 is 16.0 Å². The molecule has 6 nitrogen and oxygen atoms in total. The van der Waals surface area contributed by atoms with E-state index in [1.54, 1.807) is 0 Å². The highest BCUT2D eigenvalue weighted by molar-refractivity contribution is 5.76. The van der Waals surface area contributed by atoms with E-state index < -0.39 is 11.7 Å². The number of rotatable bonds is 4. The van der Waals surface area contributed by atoms with Crippen molar-refractivity contribution in [1.29, 1.82) is 0 Å². The van der Waals surface area contributed by atoms with Crippen molar-refractivity contribution >= 4 is 12.0 Å². The van der Waals surface area contributed by atoms with Crippen molar-refractivity contribution in [3.63, 3.8) is 0 Å². The molecular weight excluding hydrogens is 246 g/mol. The summed E-state index contributed by atoms with van der Waals surface area (Å²) < 4.78 is 5.12. The molecule has 1 atom stereocenters. The van der Waals surface area contributed by atoms with Crippen LogP contribution in [0.25, 0.3) is 0 Å². The largest absolute Gasteiger partial charge is 0.444 e. The summed E-state index contributed by atoms with van der Waals surface area (Å²) in [6.45, 7) is 7.37. The number of carbonyl (C=O) groups excluding carboxylic acids is 2. The van der Waals surface area contributed by atoms with Crippen molar-refractivity contribution < 1.29 is 14.3 Å². The number of ether oxygens (including phenoxy) is 1. The Morgan fingerprint density at radius 3 is 2.84 bits per heavy atom. The molecule has 1 unspecified atom stereocenters. The van der Waals surface area contributed by atoms with Crippen molar-refractivity contribution in [1.82, 2.24) is 16.0 Å². The average molecular weight is 271 g/mol. The van der Waals surface area contributed by atoms with Gasteiger partial charge in [-0.1, -0.05) is 0 Å². The lowest BCUT2D eigenvalue weighted by atomic mass is 10.1. The molecule has 0 aromatic rings. The van der Waals surface area contributed by atoms with E-state index in [1.165, 1.54) is 0 Å². The second kappa shape index (κ2) is 7.33. The zero-order valence-electron chi connectivity index (χ0n) is 12.0. The van der Waals surface area contributed by atoms with Gasteiger partial charge in [0.05, 0.1) is 0 Å². The van der Waals surface area contributed by atoms with Crippen LogP contribution in [0.1, 0.15) is 40.0 Å². The molecule has 0 aromatic carbocycles. The number of hydrogen-bond donors (Lipinski definition) is 3. The first-order chi connectivity index (χ1) is 8.87. The average Bonchev–Trinajstić information content (AvgIpc) is 2.47. The molecule has 1 rings (SSSR count). The fraction of sp³-hybridized carbons (Fsp3) is 0.846. The van der Waals surface area contributed by atoms with E-state index >= 15 is 0 Å². The summed E-state index contributed by atoms with van der Waals surface area (Å²) in [6, 6.07) is 0.197. The summed E-state index contributed by atoms with van der Waals surface area (Å²) in [5.74, 6) is 0.0927. The van der Waals surface area contributed by atoms with Gasteiger partial charge in [0.15, 0.2) is 0 Å². The van der Waals surface area contributed by atoms with Gasteiger partial charge in [0.25, 0.3) is 0 Å². The van der Waals surface area contributed by atoms with Crippen LogP contribution in [0.15, 0.2) is 0 Å². The van der Waals surface area contributed by atoms with E-state index in [1.807, 2.05) is 20.8 Å². The first-order valence-corrected chi connectivity index (χ1v) is 6.84. The maximum atomic E-state index is 11.4. The Kier molecular flexibility index (Phi) is 6.08. The molecule has 110 valence electrons. The van der Waals surface area contributed by atoms with Crippen molar-refractivity contribution in [3.8, 4) is 0 Å². The molecule has 0 bridgehead atoms. The molecule has 1 heterocycles. The first-order valence-electron chi connectivity index (χ1n) is 6.84. The smallest absolute Gasteiger partial charge is 0.407 e. The van der Waals surface area contributed by atoms with Crippen molar-refractivity contribution in [3.05, 3.63) is 0 Å². The van der Waals surface area contributed by atoms with Gasteiger partial charge in [-0.25, -0.2) is 4.79 Å². The second-order valence-corrected chi connectivity index (χ2v) is 5.78. The third-order valence-electron chi connectivity index (χ3n) is 2.71. The van der Waals surface area contributed by atoms with E-state index in [0.717, 1.165) is 19.4 Å². The van der Waals surface area contributed by atoms with Crippen LogP contribution in [0.2, 0.25) is 0 Å². The number of nitrogens with one attached hydrogen (secondary N) is 3. The monoisotopic (exact) mass is 271 g/mol. The zero-order valence-corrected chi connectivity index (χ0v) is 12.0. The van der Waals surface area contributed by atoms with Gasteiger partial charge in [0.1, 0.15) is 5.60 Å². The molecule has 3 N–H and O–H groups in total. The van der Waals surface area contributed by atoms with Crippen LogP contribution in [0.3, 0.4) is 0 Å². The third-order valence-corrected chi connectivity index (χ3v) is 2.71. The van der Waals surface area contributed by atoms with Crippen LogP contribution >= 0.6 is 0 Å². The second-order valence-electron chi connectivity index (χ2n) is 5.78. The fourth-order valence-corrected chi connectivity index (χ4v) is 1.90. The van der Waals surface area contributed by atoms with Crippen molar-refractivity contribution in [2.45, 2.75) is 51.7 Å². The topological polar surface area (TPSA) is 79.5 Å². The minimum atomic E-state index is -0.475. The lowest BCUT2D eigenvalue weighted by Crippen LogP contribution is -2.40. The fourth-order valence-electron chi connectivity index (χ4n) is 1.90. The van der Waals surface area contributed by atoms with Crippen LogP contribution in [-0.4, -0.2) is 43.3 Å². The summed E-state index contributed by atoms with van der Waals surface area (Å²) >= 11 is 0. The highest BCUT2D eigenvalue weighted by Gasteiger charge is 2.17. The summed E-state index contributed by atoms with van der Waals surface area (Å²) in [5.41, 5.74) is -0.475. The van der Waals surface area contributed by atoms with E-state index in [4.69, 9.17) is 4.74 Å². The van der Waals surface area contributed by atoms with Crippen LogP contribution in [0.5, 0.6) is 0 Å². The molecule has 1 aliphatic heterocycles. The van der Waals surface area contributed by atoms with Gasteiger partial charge in [-0.3, -0.25) is 4.79 Å². The Balaban J connectivity index is 2.13. The molecule has 0 aromatic heterocycles. The van der Waals surface area contributed by atoms with Gasteiger partial charge in [-0.15, -0.1) is 0 Å². The molecule has 1 fully saturated rings. The Labute approximate surface area is 114 Å². The van der Waals surface area contributed by atoms with Crippen molar-refractivity contribution in [2.75, 3.05) is 19.6 Å². The Hall–Kier alpha value is -1.30. The van der Waals surface area contributed by atoms with Gasteiger partial charge >= 0.3 is 6.09 Å².